The summed E-state index contributed by atoms with van der Waals surface area (Å²) < 4.78 is 0. The van der Waals surface area contributed by atoms with Gasteiger partial charge in [0, 0.05) is 0 Å². The molecule has 0 spiro atoms. The summed E-state index contributed by atoms with van der Waals surface area (Å²) in [4.78, 5) is 0. The van der Waals surface area contributed by atoms with E-state index < -0.39 is 0 Å². The summed E-state index contributed by atoms with van der Waals surface area (Å²) in [5, 5.41) is 2.52. The summed E-state index contributed by atoms with van der Waals surface area (Å²) >= 11 is 0. The molecule has 0 N–H and O–H groups in total. The molecule has 0 amide bonds. The van der Waals surface area contributed by atoms with Crippen LogP contribution >= 0.6 is 10.0 Å². The highest BCUT2D eigenvalue weighted by atomic mass is 32.3. The Morgan fingerprint density at radius 1 is 0.667 bits per heavy atom. The second-order valence-corrected chi connectivity index (χ2v) is 9.04. The van der Waals surface area contributed by atoms with Crippen LogP contribution in [0.15, 0.2) is 0 Å². The van der Waals surface area contributed by atoms with Crippen LogP contribution in [0.1, 0.15) is 44.9 Å². The van der Waals surface area contributed by atoms with Crippen LogP contribution in [0.3, 0.4) is 0 Å². The monoisotopic (exact) mass is 184 g/mol. The Morgan fingerprint density at radius 2 is 1.17 bits per heavy atom. The van der Waals surface area contributed by atoms with E-state index in [1.165, 1.54) is 10.5 Å². The fourth-order valence-corrected chi connectivity index (χ4v) is 8.47. The van der Waals surface area contributed by atoms with Crippen molar-refractivity contribution < 1.29 is 0 Å². The van der Waals surface area contributed by atoms with Gasteiger partial charge in [-0.25, -0.2) is 10.0 Å². The van der Waals surface area contributed by atoms with E-state index in [-0.39, 0.29) is 10.0 Å². The molecule has 0 atom stereocenters. The molecule has 1 heterocycles. The molecule has 0 aromatic rings. The Labute approximate surface area is 77.4 Å². The SMILES string of the molecule is C1CC(S2(C3CCC3)CCC2)C1. The minimum Gasteiger partial charge on any atom is -0.235 e. The largest absolute Gasteiger partial charge is 0.235 e. The minimum atomic E-state index is 0.0197. The van der Waals surface area contributed by atoms with Crippen molar-refractivity contribution in [1.29, 1.82) is 0 Å². The smallest absolute Gasteiger partial charge is 0.0109 e. The van der Waals surface area contributed by atoms with Crippen molar-refractivity contribution in [2.45, 2.75) is 55.4 Å². The summed E-state index contributed by atoms with van der Waals surface area (Å²) in [7, 11) is 0.0197. The van der Waals surface area contributed by atoms with Crippen molar-refractivity contribution >= 4 is 10.0 Å². The zero-order valence-electron chi connectivity index (χ0n) is 7.93. The number of rotatable bonds is 2. The van der Waals surface area contributed by atoms with E-state index in [1.54, 1.807) is 56.5 Å². The molecule has 0 aromatic heterocycles. The van der Waals surface area contributed by atoms with Crippen LogP contribution in [0.4, 0.5) is 0 Å². The van der Waals surface area contributed by atoms with Gasteiger partial charge in [0.1, 0.15) is 0 Å². The van der Waals surface area contributed by atoms with E-state index in [0.717, 1.165) is 0 Å². The van der Waals surface area contributed by atoms with Crippen LogP contribution in [0.2, 0.25) is 0 Å². The topological polar surface area (TPSA) is 0 Å². The molecule has 0 aromatic carbocycles. The van der Waals surface area contributed by atoms with E-state index in [2.05, 4.69) is 0 Å². The van der Waals surface area contributed by atoms with Crippen LogP contribution in [0, 0.1) is 0 Å². The Kier molecular flexibility index (Phi) is 1.72. The van der Waals surface area contributed by atoms with Crippen molar-refractivity contribution in [2.75, 3.05) is 11.5 Å². The van der Waals surface area contributed by atoms with Gasteiger partial charge in [0.25, 0.3) is 0 Å². The van der Waals surface area contributed by atoms with E-state index in [1.807, 2.05) is 0 Å². The predicted molar refractivity (Wildman–Crippen MR) is 57.2 cm³/mol. The Morgan fingerprint density at radius 3 is 1.33 bits per heavy atom. The standard InChI is InChI=1S/C11H20S/c1-4-10(5-1)12(8-3-9-12)11-6-2-7-11/h10-11H,1-9H2. The number of hydrogen-bond acceptors (Lipinski definition) is 0. The summed E-state index contributed by atoms with van der Waals surface area (Å²) in [6.45, 7) is 0. The first kappa shape index (κ1) is 7.73. The lowest BCUT2D eigenvalue weighted by Crippen LogP contribution is -2.45. The van der Waals surface area contributed by atoms with Gasteiger partial charge in [-0.3, -0.25) is 0 Å². The molecule has 70 valence electrons. The first-order chi connectivity index (χ1) is 5.92. The zero-order valence-corrected chi connectivity index (χ0v) is 8.74. The quantitative estimate of drug-likeness (QED) is 0.618. The Hall–Kier alpha value is 0.350. The lowest BCUT2D eigenvalue weighted by atomic mass is 9.99. The Balaban J connectivity index is 1.73. The van der Waals surface area contributed by atoms with E-state index in [4.69, 9.17) is 0 Å². The molecule has 3 fully saturated rings. The van der Waals surface area contributed by atoms with Gasteiger partial charge in [0.15, 0.2) is 0 Å². The third-order valence-corrected chi connectivity index (χ3v) is 10.2. The maximum atomic E-state index is 1.68. The maximum absolute atomic E-state index is 1.68. The van der Waals surface area contributed by atoms with E-state index in [0.29, 0.717) is 0 Å². The zero-order chi connectivity index (χ0) is 8.02. The van der Waals surface area contributed by atoms with Gasteiger partial charge in [-0.05, 0) is 54.1 Å². The molecule has 3 aliphatic rings. The molecular weight excluding hydrogens is 164 g/mol. The molecule has 0 unspecified atom stereocenters. The normalized spacial score (nSPS) is 37.7. The van der Waals surface area contributed by atoms with Crippen LogP contribution in [-0.4, -0.2) is 22.0 Å². The minimum absolute atomic E-state index is 0.0197. The van der Waals surface area contributed by atoms with Crippen molar-refractivity contribution in [2.24, 2.45) is 0 Å². The van der Waals surface area contributed by atoms with Gasteiger partial charge in [0.2, 0.25) is 0 Å². The molecule has 0 bridgehead atoms. The summed E-state index contributed by atoms with van der Waals surface area (Å²) in [5.41, 5.74) is 0. The van der Waals surface area contributed by atoms with Gasteiger partial charge in [-0.2, -0.15) is 0 Å². The van der Waals surface area contributed by atoms with Gasteiger partial charge in [-0.15, -0.1) is 0 Å². The molecule has 0 radical (unpaired) electrons. The van der Waals surface area contributed by atoms with Crippen molar-refractivity contribution in [3.63, 3.8) is 0 Å². The molecule has 0 nitrogen and oxygen atoms in total. The molecule has 1 aliphatic heterocycles. The third-order valence-electron chi connectivity index (χ3n) is 4.48. The van der Waals surface area contributed by atoms with E-state index in [9.17, 15) is 0 Å². The maximum Gasteiger partial charge on any atom is -0.0109 e. The fraction of sp³-hybridized carbons (Fsp3) is 1.00. The van der Waals surface area contributed by atoms with Gasteiger partial charge >= 0.3 is 0 Å². The molecule has 1 saturated heterocycles. The first-order valence-electron chi connectivity index (χ1n) is 5.68. The fourth-order valence-electron chi connectivity index (χ4n) is 3.10. The van der Waals surface area contributed by atoms with E-state index >= 15 is 0 Å². The lowest BCUT2D eigenvalue weighted by molar-refractivity contribution is 0.470. The second kappa shape index (κ2) is 2.67. The van der Waals surface area contributed by atoms with Gasteiger partial charge in [-0.1, -0.05) is 12.8 Å². The van der Waals surface area contributed by atoms with Crippen LogP contribution in [-0.2, 0) is 0 Å². The lowest BCUT2D eigenvalue weighted by Gasteiger charge is -2.63. The van der Waals surface area contributed by atoms with Crippen molar-refractivity contribution in [1.82, 2.24) is 0 Å². The molecule has 2 saturated carbocycles. The van der Waals surface area contributed by atoms with Crippen molar-refractivity contribution in [3.8, 4) is 0 Å². The van der Waals surface area contributed by atoms with Gasteiger partial charge in [0.05, 0.1) is 0 Å². The summed E-state index contributed by atoms with van der Waals surface area (Å²) in [5.74, 6) is 3.37. The summed E-state index contributed by atoms with van der Waals surface area (Å²) in [6.07, 6.45) is 11.2. The molecule has 1 heteroatoms. The number of hydrogen-bond donors (Lipinski definition) is 0. The molecular formula is C11H20S. The predicted octanol–water partition coefficient (Wildman–Crippen LogP) is 3.30. The highest BCUT2D eigenvalue weighted by molar-refractivity contribution is 8.35. The van der Waals surface area contributed by atoms with Crippen molar-refractivity contribution in [3.05, 3.63) is 0 Å². The van der Waals surface area contributed by atoms with Crippen LogP contribution < -0.4 is 0 Å². The molecule has 3 rings (SSSR count). The Bertz CT molecular complexity index is 159. The average Bonchev–Trinajstić information content (AvgIpc) is 1.73. The van der Waals surface area contributed by atoms with Gasteiger partial charge < -0.3 is 0 Å². The average molecular weight is 184 g/mol. The summed E-state index contributed by atoms with van der Waals surface area (Å²) in [6, 6.07) is 0. The van der Waals surface area contributed by atoms with Crippen LogP contribution in [0.5, 0.6) is 0 Å². The molecule has 2 aliphatic carbocycles. The highest BCUT2D eigenvalue weighted by Crippen LogP contribution is 2.71. The second-order valence-electron chi connectivity index (χ2n) is 4.87. The third kappa shape index (κ3) is 0.865. The van der Waals surface area contributed by atoms with Crippen LogP contribution in [0.25, 0.3) is 0 Å². The molecule has 12 heavy (non-hydrogen) atoms. The first-order valence-corrected chi connectivity index (χ1v) is 7.78. The highest BCUT2D eigenvalue weighted by Gasteiger charge is 2.48.